The SMILES string of the molecule is Cc1ccc(C2CC(O)CCO2)c([N+](=O)[O-])c1. The minimum absolute atomic E-state index is 0.0732. The molecule has 1 N–H and O–H groups in total. The molecular formula is C12H15NO4. The first kappa shape index (κ1) is 12.0. The molecule has 1 fully saturated rings. The van der Waals surface area contributed by atoms with Crippen LogP contribution in [0, 0.1) is 17.0 Å². The summed E-state index contributed by atoms with van der Waals surface area (Å²) in [5, 5.41) is 20.6. The molecule has 2 atom stereocenters. The number of hydrogen-bond acceptors (Lipinski definition) is 4. The van der Waals surface area contributed by atoms with Gasteiger partial charge in [0.15, 0.2) is 0 Å². The van der Waals surface area contributed by atoms with Crippen LogP contribution >= 0.6 is 0 Å². The summed E-state index contributed by atoms with van der Waals surface area (Å²) in [6, 6.07) is 5.09. The summed E-state index contributed by atoms with van der Waals surface area (Å²) in [7, 11) is 0. The number of hydrogen-bond donors (Lipinski definition) is 1. The zero-order chi connectivity index (χ0) is 12.4. The molecule has 17 heavy (non-hydrogen) atoms. The van der Waals surface area contributed by atoms with E-state index in [1.807, 2.05) is 13.0 Å². The van der Waals surface area contributed by atoms with Crippen molar-refractivity contribution in [1.29, 1.82) is 0 Å². The van der Waals surface area contributed by atoms with Gasteiger partial charge in [-0.25, -0.2) is 0 Å². The number of rotatable bonds is 2. The number of ether oxygens (including phenoxy) is 1. The lowest BCUT2D eigenvalue weighted by molar-refractivity contribution is -0.386. The topological polar surface area (TPSA) is 72.6 Å². The molecule has 1 aromatic carbocycles. The number of benzene rings is 1. The fraction of sp³-hybridized carbons (Fsp3) is 0.500. The monoisotopic (exact) mass is 237 g/mol. The molecule has 0 aliphatic carbocycles. The van der Waals surface area contributed by atoms with Crippen molar-refractivity contribution in [2.24, 2.45) is 0 Å². The Labute approximate surface area is 99.2 Å². The first-order valence-corrected chi connectivity index (χ1v) is 5.62. The van der Waals surface area contributed by atoms with Crippen LogP contribution in [-0.4, -0.2) is 22.7 Å². The van der Waals surface area contributed by atoms with Crippen LogP contribution < -0.4 is 0 Å². The lowest BCUT2D eigenvalue weighted by Crippen LogP contribution is -2.23. The Bertz CT molecular complexity index is 433. The van der Waals surface area contributed by atoms with E-state index in [-0.39, 0.29) is 11.8 Å². The van der Waals surface area contributed by atoms with E-state index in [1.54, 1.807) is 12.1 Å². The quantitative estimate of drug-likeness (QED) is 0.631. The maximum atomic E-state index is 11.0. The van der Waals surface area contributed by atoms with E-state index < -0.39 is 11.0 Å². The van der Waals surface area contributed by atoms with Crippen molar-refractivity contribution in [2.75, 3.05) is 6.61 Å². The van der Waals surface area contributed by atoms with Gasteiger partial charge in [-0.15, -0.1) is 0 Å². The molecule has 1 saturated heterocycles. The predicted molar refractivity (Wildman–Crippen MR) is 61.8 cm³/mol. The molecule has 5 nitrogen and oxygen atoms in total. The third kappa shape index (κ3) is 2.62. The minimum atomic E-state index is -0.436. The smallest absolute Gasteiger partial charge is 0.275 e. The average Bonchev–Trinajstić information content (AvgIpc) is 2.28. The van der Waals surface area contributed by atoms with Crippen molar-refractivity contribution in [3.8, 4) is 0 Å². The molecule has 2 unspecified atom stereocenters. The summed E-state index contributed by atoms with van der Waals surface area (Å²) < 4.78 is 5.50. The molecule has 0 aromatic heterocycles. The molecule has 92 valence electrons. The highest BCUT2D eigenvalue weighted by molar-refractivity contribution is 5.44. The molecule has 1 aliphatic heterocycles. The fourth-order valence-electron chi connectivity index (χ4n) is 2.08. The van der Waals surface area contributed by atoms with Gasteiger partial charge in [0.05, 0.1) is 22.7 Å². The minimum Gasteiger partial charge on any atom is -0.393 e. The zero-order valence-corrected chi connectivity index (χ0v) is 9.63. The second-order valence-corrected chi connectivity index (χ2v) is 4.36. The highest BCUT2D eigenvalue weighted by Crippen LogP contribution is 2.34. The number of nitro groups is 1. The third-order valence-corrected chi connectivity index (χ3v) is 2.99. The van der Waals surface area contributed by atoms with Crippen LogP contribution in [0.15, 0.2) is 18.2 Å². The number of nitro benzene ring substituents is 1. The van der Waals surface area contributed by atoms with E-state index in [9.17, 15) is 15.2 Å². The van der Waals surface area contributed by atoms with E-state index in [4.69, 9.17) is 4.74 Å². The predicted octanol–water partition coefficient (Wildman–Crippen LogP) is 2.12. The van der Waals surface area contributed by atoms with Crippen LogP contribution in [0.3, 0.4) is 0 Å². The van der Waals surface area contributed by atoms with Crippen molar-refractivity contribution in [1.82, 2.24) is 0 Å². The number of nitrogens with zero attached hydrogens (tertiary/aromatic N) is 1. The van der Waals surface area contributed by atoms with Gasteiger partial charge in [0, 0.05) is 19.1 Å². The van der Waals surface area contributed by atoms with Crippen LogP contribution in [0.1, 0.15) is 30.1 Å². The highest BCUT2D eigenvalue weighted by Gasteiger charge is 2.28. The molecular weight excluding hydrogens is 222 g/mol. The number of aliphatic hydroxyl groups excluding tert-OH is 1. The van der Waals surface area contributed by atoms with Crippen LogP contribution in [0.4, 0.5) is 5.69 Å². The van der Waals surface area contributed by atoms with Gasteiger partial charge >= 0.3 is 0 Å². The molecule has 0 saturated carbocycles. The van der Waals surface area contributed by atoms with Gasteiger partial charge < -0.3 is 9.84 Å². The Balaban J connectivity index is 2.33. The van der Waals surface area contributed by atoms with Crippen molar-refractivity contribution in [3.63, 3.8) is 0 Å². The van der Waals surface area contributed by atoms with E-state index in [2.05, 4.69) is 0 Å². The van der Waals surface area contributed by atoms with Crippen LogP contribution in [-0.2, 0) is 4.74 Å². The van der Waals surface area contributed by atoms with Gasteiger partial charge in [0.1, 0.15) is 0 Å². The van der Waals surface area contributed by atoms with Crippen LogP contribution in [0.25, 0.3) is 0 Å². The average molecular weight is 237 g/mol. The summed E-state index contributed by atoms with van der Waals surface area (Å²) in [6.07, 6.45) is 0.203. The molecule has 5 heteroatoms. The fourth-order valence-corrected chi connectivity index (χ4v) is 2.08. The summed E-state index contributed by atoms with van der Waals surface area (Å²) in [5.74, 6) is 0. The van der Waals surface area contributed by atoms with Crippen molar-refractivity contribution in [3.05, 3.63) is 39.4 Å². The molecule has 2 rings (SSSR count). The molecule has 0 spiro atoms. The van der Waals surface area contributed by atoms with Gasteiger partial charge in [0.25, 0.3) is 5.69 Å². The Morgan fingerprint density at radius 1 is 1.53 bits per heavy atom. The summed E-state index contributed by atoms with van der Waals surface area (Å²) in [5.41, 5.74) is 1.47. The van der Waals surface area contributed by atoms with Gasteiger partial charge in [0.2, 0.25) is 0 Å². The van der Waals surface area contributed by atoms with Gasteiger partial charge in [-0.2, -0.15) is 0 Å². The van der Waals surface area contributed by atoms with Gasteiger partial charge in [-0.1, -0.05) is 6.07 Å². The normalized spacial score (nSPS) is 24.6. The van der Waals surface area contributed by atoms with E-state index in [1.165, 1.54) is 0 Å². The molecule has 1 aliphatic rings. The third-order valence-electron chi connectivity index (χ3n) is 2.99. The summed E-state index contributed by atoms with van der Waals surface area (Å²) >= 11 is 0. The molecule has 0 amide bonds. The standard InChI is InChI=1S/C12H15NO4/c1-8-2-3-10(11(6-8)13(15)16)12-7-9(14)4-5-17-12/h2-3,6,9,12,14H,4-5,7H2,1H3. The first-order chi connectivity index (χ1) is 8.08. The highest BCUT2D eigenvalue weighted by atomic mass is 16.6. The molecule has 0 bridgehead atoms. The van der Waals surface area contributed by atoms with Crippen molar-refractivity contribution >= 4 is 5.69 Å². The molecule has 1 heterocycles. The van der Waals surface area contributed by atoms with E-state index in [0.717, 1.165) is 5.56 Å². The zero-order valence-electron chi connectivity index (χ0n) is 9.63. The Morgan fingerprint density at radius 3 is 2.94 bits per heavy atom. The lowest BCUT2D eigenvalue weighted by Gasteiger charge is -2.26. The number of aryl methyl sites for hydroxylation is 1. The summed E-state index contributed by atoms with van der Waals surface area (Å²) in [4.78, 5) is 10.6. The van der Waals surface area contributed by atoms with E-state index in [0.29, 0.717) is 25.0 Å². The first-order valence-electron chi connectivity index (χ1n) is 5.62. The van der Waals surface area contributed by atoms with Crippen LogP contribution in [0.5, 0.6) is 0 Å². The lowest BCUT2D eigenvalue weighted by atomic mass is 9.97. The van der Waals surface area contributed by atoms with Gasteiger partial charge in [-0.05, 0) is 25.0 Å². The molecule has 0 radical (unpaired) electrons. The second kappa shape index (κ2) is 4.81. The van der Waals surface area contributed by atoms with Gasteiger partial charge in [-0.3, -0.25) is 10.1 Å². The van der Waals surface area contributed by atoms with Crippen LogP contribution in [0.2, 0.25) is 0 Å². The molecule has 1 aromatic rings. The Morgan fingerprint density at radius 2 is 2.29 bits per heavy atom. The second-order valence-electron chi connectivity index (χ2n) is 4.36. The van der Waals surface area contributed by atoms with Crippen molar-refractivity contribution < 1.29 is 14.8 Å². The van der Waals surface area contributed by atoms with E-state index >= 15 is 0 Å². The largest absolute Gasteiger partial charge is 0.393 e. The maximum absolute atomic E-state index is 11.0. The summed E-state index contributed by atoms with van der Waals surface area (Å²) in [6.45, 7) is 2.25. The Hall–Kier alpha value is -1.46. The van der Waals surface area contributed by atoms with Crippen molar-refractivity contribution in [2.45, 2.75) is 32.0 Å². The Kier molecular flexibility index (Phi) is 3.40. The number of aliphatic hydroxyl groups is 1. The maximum Gasteiger partial charge on any atom is 0.275 e.